The number of benzene rings is 1. The predicted octanol–water partition coefficient (Wildman–Crippen LogP) is 1.59. The molecular formula is C12H14N6O2. The Hall–Kier alpha value is -2.74. The van der Waals surface area contributed by atoms with Gasteiger partial charge in [0.25, 0.3) is 0 Å². The van der Waals surface area contributed by atoms with Gasteiger partial charge in [-0.05, 0) is 18.1 Å². The lowest BCUT2D eigenvalue weighted by atomic mass is 10.1. The molecule has 0 unspecified atom stereocenters. The van der Waals surface area contributed by atoms with Crippen molar-refractivity contribution >= 4 is 17.5 Å². The normalized spacial score (nSPS) is 10.1. The second-order valence-corrected chi connectivity index (χ2v) is 4.11. The van der Waals surface area contributed by atoms with Gasteiger partial charge in [-0.25, -0.2) is 10.8 Å². The van der Waals surface area contributed by atoms with E-state index in [0.717, 1.165) is 17.3 Å². The smallest absolute Gasteiger partial charge is 0.329 e. The minimum Gasteiger partial charge on any atom is -0.360 e. The number of nitrogens with zero attached hydrogens (tertiary/aromatic N) is 3. The van der Waals surface area contributed by atoms with Crippen LogP contribution in [0.1, 0.15) is 11.1 Å². The zero-order valence-corrected chi connectivity index (χ0v) is 10.8. The Morgan fingerprint density at radius 1 is 1.40 bits per heavy atom. The van der Waals surface area contributed by atoms with Gasteiger partial charge >= 0.3 is 5.69 Å². The van der Waals surface area contributed by atoms with E-state index in [1.54, 1.807) is 0 Å². The number of aryl methyl sites for hydroxylation is 1. The van der Waals surface area contributed by atoms with E-state index < -0.39 is 4.92 Å². The highest BCUT2D eigenvalue weighted by molar-refractivity contribution is 5.57. The zero-order chi connectivity index (χ0) is 14.5. The average molecular weight is 274 g/mol. The molecule has 0 aliphatic rings. The number of hydrogen-bond acceptors (Lipinski definition) is 7. The maximum atomic E-state index is 10.9. The summed E-state index contributed by atoms with van der Waals surface area (Å²) in [7, 11) is 0. The Labute approximate surface area is 115 Å². The minimum absolute atomic E-state index is 0.114. The fourth-order valence-electron chi connectivity index (χ4n) is 1.70. The van der Waals surface area contributed by atoms with E-state index in [2.05, 4.69) is 20.7 Å². The molecule has 0 amide bonds. The molecule has 20 heavy (non-hydrogen) atoms. The first-order valence-corrected chi connectivity index (χ1v) is 5.88. The number of aromatic nitrogens is 2. The van der Waals surface area contributed by atoms with Crippen LogP contribution in [-0.4, -0.2) is 14.9 Å². The Balaban J connectivity index is 2.24. The van der Waals surface area contributed by atoms with Crippen LogP contribution in [0, 0.1) is 17.0 Å². The van der Waals surface area contributed by atoms with Gasteiger partial charge < -0.3 is 5.32 Å². The lowest BCUT2D eigenvalue weighted by Crippen LogP contribution is -2.13. The summed E-state index contributed by atoms with van der Waals surface area (Å²) in [6.07, 6.45) is 1.11. The second-order valence-electron chi connectivity index (χ2n) is 4.11. The van der Waals surface area contributed by atoms with E-state index >= 15 is 0 Å². The number of anilines is 2. The molecule has 0 radical (unpaired) electrons. The summed E-state index contributed by atoms with van der Waals surface area (Å²) in [6.45, 7) is 2.40. The van der Waals surface area contributed by atoms with Crippen molar-refractivity contribution in [2.24, 2.45) is 5.84 Å². The number of nitrogens with one attached hydrogen (secondary N) is 2. The highest BCUT2D eigenvalue weighted by atomic mass is 16.6. The molecule has 8 heteroatoms. The van der Waals surface area contributed by atoms with E-state index in [0.29, 0.717) is 6.54 Å². The van der Waals surface area contributed by atoms with Crippen LogP contribution in [0.2, 0.25) is 0 Å². The minimum atomic E-state index is -0.541. The molecule has 1 aromatic carbocycles. The third-order valence-electron chi connectivity index (χ3n) is 2.80. The number of nitro groups is 1. The molecule has 1 heterocycles. The van der Waals surface area contributed by atoms with Crippen molar-refractivity contribution in [3.05, 3.63) is 51.7 Å². The summed E-state index contributed by atoms with van der Waals surface area (Å²) >= 11 is 0. The molecule has 0 bridgehead atoms. The zero-order valence-electron chi connectivity index (χ0n) is 10.8. The quantitative estimate of drug-likeness (QED) is 0.430. The van der Waals surface area contributed by atoms with Crippen molar-refractivity contribution < 1.29 is 4.92 Å². The van der Waals surface area contributed by atoms with Crippen LogP contribution in [0.25, 0.3) is 0 Å². The standard InChI is InChI=1S/C12H14N6O2/c1-8-4-2-3-5-9(8)6-14-11-10(18(19)20)7-15-12(16-11)17-13/h2-5,7H,6,13H2,1H3,(H2,14,15,16,17). The number of nitrogens with two attached hydrogens (primary N) is 1. The van der Waals surface area contributed by atoms with Gasteiger partial charge in [0.2, 0.25) is 11.8 Å². The molecule has 0 spiro atoms. The fraction of sp³-hybridized carbons (Fsp3) is 0.167. The molecule has 0 aliphatic heterocycles. The van der Waals surface area contributed by atoms with Crippen molar-refractivity contribution in [3.8, 4) is 0 Å². The van der Waals surface area contributed by atoms with Gasteiger partial charge in [-0.3, -0.25) is 15.5 Å². The molecular weight excluding hydrogens is 260 g/mol. The van der Waals surface area contributed by atoms with Crippen molar-refractivity contribution in [3.63, 3.8) is 0 Å². The Morgan fingerprint density at radius 2 is 2.15 bits per heavy atom. The van der Waals surface area contributed by atoms with Crippen LogP contribution in [0.3, 0.4) is 0 Å². The van der Waals surface area contributed by atoms with Gasteiger partial charge in [0.15, 0.2) is 0 Å². The predicted molar refractivity (Wildman–Crippen MR) is 75.0 cm³/mol. The topological polar surface area (TPSA) is 119 Å². The van der Waals surface area contributed by atoms with Gasteiger partial charge in [0.05, 0.1) is 4.92 Å². The van der Waals surface area contributed by atoms with Crippen molar-refractivity contribution in [1.82, 2.24) is 9.97 Å². The van der Waals surface area contributed by atoms with E-state index in [4.69, 9.17) is 5.84 Å². The lowest BCUT2D eigenvalue weighted by molar-refractivity contribution is -0.384. The van der Waals surface area contributed by atoms with E-state index in [1.807, 2.05) is 31.2 Å². The lowest BCUT2D eigenvalue weighted by Gasteiger charge is -2.09. The van der Waals surface area contributed by atoms with Crippen LogP contribution >= 0.6 is 0 Å². The molecule has 0 aliphatic carbocycles. The largest absolute Gasteiger partial charge is 0.360 e. The van der Waals surface area contributed by atoms with E-state index in [1.165, 1.54) is 0 Å². The van der Waals surface area contributed by atoms with Gasteiger partial charge in [-0.2, -0.15) is 4.98 Å². The summed E-state index contributed by atoms with van der Waals surface area (Å²) in [6, 6.07) is 7.75. The third kappa shape index (κ3) is 2.98. The maximum absolute atomic E-state index is 10.9. The monoisotopic (exact) mass is 274 g/mol. The SMILES string of the molecule is Cc1ccccc1CNc1nc(NN)ncc1[N+](=O)[O-]. The Morgan fingerprint density at radius 3 is 2.80 bits per heavy atom. The van der Waals surface area contributed by atoms with Gasteiger partial charge in [-0.1, -0.05) is 24.3 Å². The molecule has 0 saturated heterocycles. The molecule has 1 aromatic heterocycles. The molecule has 0 atom stereocenters. The summed E-state index contributed by atoms with van der Waals surface area (Å²) in [5.41, 5.74) is 4.18. The summed E-state index contributed by atoms with van der Waals surface area (Å²) in [5.74, 6) is 5.44. The van der Waals surface area contributed by atoms with Crippen LogP contribution in [-0.2, 0) is 6.54 Å². The highest BCUT2D eigenvalue weighted by Crippen LogP contribution is 2.22. The van der Waals surface area contributed by atoms with Gasteiger partial charge in [-0.15, -0.1) is 0 Å². The molecule has 0 fully saturated rings. The first kappa shape index (κ1) is 13.7. The Bertz CT molecular complexity index is 631. The van der Waals surface area contributed by atoms with Crippen molar-refractivity contribution in [2.75, 3.05) is 10.7 Å². The molecule has 0 saturated carbocycles. The van der Waals surface area contributed by atoms with Gasteiger partial charge in [0, 0.05) is 6.54 Å². The number of rotatable bonds is 5. The van der Waals surface area contributed by atoms with Crippen molar-refractivity contribution in [2.45, 2.75) is 13.5 Å². The molecule has 2 rings (SSSR count). The molecule has 2 aromatic rings. The van der Waals surface area contributed by atoms with Crippen molar-refractivity contribution in [1.29, 1.82) is 0 Å². The molecule has 104 valence electrons. The number of hydrazine groups is 1. The maximum Gasteiger partial charge on any atom is 0.329 e. The van der Waals surface area contributed by atoms with E-state index in [-0.39, 0.29) is 17.5 Å². The Kier molecular flexibility index (Phi) is 4.06. The van der Waals surface area contributed by atoms with Crippen LogP contribution in [0.5, 0.6) is 0 Å². The van der Waals surface area contributed by atoms with Crippen LogP contribution in [0.15, 0.2) is 30.5 Å². The average Bonchev–Trinajstić information content (AvgIpc) is 2.46. The molecule has 8 nitrogen and oxygen atoms in total. The van der Waals surface area contributed by atoms with Crippen LogP contribution < -0.4 is 16.6 Å². The molecule has 4 N–H and O–H groups in total. The summed E-state index contributed by atoms with van der Waals surface area (Å²) < 4.78 is 0. The second kappa shape index (κ2) is 5.93. The van der Waals surface area contributed by atoms with Crippen LogP contribution in [0.4, 0.5) is 17.5 Å². The first-order chi connectivity index (χ1) is 9.61. The highest BCUT2D eigenvalue weighted by Gasteiger charge is 2.16. The summed E-state index contributed by atoms with van der Waals surface area (Å²) in [4.78, 5) is 18.1. The fourth-order valence-corrected chi connectivity index (χ4v) is 1.70. The van der Waals surface area contributed by atoms with Gasteiger partial charge in [0.1, 0.15) is 6.20 Å². The number of nitrogen functional groups attached to an aromatic ring is 1. The summed E-state index contributed by atoms with van der Waals surface area (Å²) in [5, 5.41) is 13.9. The van der Waals surface area contributed by atoms with E-state index in [9.17, 15) is 10.1 Å². The number of hydrogen-bond donors (Lipinski definition) is 3. The first-order valence-electron chi connectivity index (χ1n) is 5.88. The third-order valence-corrected chi connectivity index (χ3v) is 2.80.